The lowest BCUT2D eigenvalue weighted by atomic mass is 10.0. The molecule has 0 amide bonds. The zero-order chi connectivity index (χ0) is 12.4. The molecule has 2 nitrogen and oxygen atoms in total. The Morgan fingerprint density at radius 1 is 1.17 bits per heavy atom. The molecule has 1 heterocycles. The molecule has 1 fully saturated rings. The van der Waals surface area contributed by atoms with Gasteiger partial charge < -0.3 is 5.11 Å². The van der Waals surface area contributed by atoms with Gasteiger partial charge in [-0.15, -0.1) is 0 Å². The summed E-state index contributed by atoms with van der Waals surface area (Å²) >= 11 is 0. The van der Waals surface area contributed by atoms with E-state index in [0.29, 0.717) is 6.42 Å². The molecule has 0 radical (unpaired) electrons. The van der Waals surface area contributed by atoms with E-state index in [1.807, 2.05) is 30.3 Å². The summed E-state index contributed by atoms with van der Waals surface area (Å²) in [6, 6.07) is 14.2. The molecule has 0 bridgehead atoms. The van der Waals surface area contributed by atoms with E-state index in [0.717, 1.165) is 17.2 Å². The van der Waals surface area contributed by atoms with Crippen molar-refractivity contribution in [2.75, 3.05) is 0 Å². The molecule has 0 saturated heterocycles. The van der Waals surface area contributed by atoms with E-state index in [-0.39, 0.29) is 0 Å². The zero-order valence-corrected chi connectivity index (χ0v) is 10.3. The second-order valence-corrected chi connectivity index (χ2v) is 4.99. The van der Waals surface area contributed by atoms with Crippen LogP contribution in [-0.2, 0) is 6.42 Å². The van der Waals surface area contributed by atoms with Crippen LogP contribution in [0.4, 0.5) is 0 Å². The molecule has 1 unspecified atom stereocenters. The Morgan fingerprint density at radius 2 is 2.06 bits per heavy atom. The van der Waals surface area contributed by atoms with E-state index in [1.54, 1.807) is 6.20 Å². The van der Waals surface area contributed by atoms with Crippen LogP contribution >= 0.6 is 0 Å². The molecule has 1 saturated carbocycles. The summed E-state index contributed by atoms with van der Waals surface area (Å²) in [5.41, 5.74) is 3.31. The first-order chi connectivity index (χ1) is 8.83. The third-order valence-electron chi connectivity index (χ3n) is 3.47. The van der Waals surface area contributed by atoms with E-state index in [1.165, 1.54) is 18.4 Å². The molecule has 0 aliphatic heterocycles. The number of benzene rings is 1. The average Bonchev–Trinajstić information content (AvgIpc) is 3.24. The Bertz CT molecular complexity index is 520. The smallest absolute Gasteiger partial charge is 0.0845 e. The molecule has 1 N–H and O–H groups in total. The molecule has 1 aromatic heterocycles. The van der Waals surface area contributed by atoms with Crippen LogP contribution < -0.4 is 0 Å². The highest BCUT2D eigenvalue weighted by Crippen LogP contribution is 2.40. The number of nitrogens with zero attached hydrogens (tertiary/aromatic N) is 1. The van der Waals surface area contributed by atoms with Gasteiger partial charge in [0.05, 0.1) is 6.10 Å². The zero-order valence-electron chi connectivity index (χ0n) is 10.3. The number of aromatic nitrogens is 1. The minimum absolute atomic E-state index is 0.460. The van der Waals surface area contributed by atoms with Gasteiger partial charge in [0, 0.05) is 18.3 Å². The largest absolute Gasteiger partial charge is 0.388 e. The van der Waals surface area contributed by atoms with Gasteiger partial charge in [-0.25, -0.2) is 0 Å². The van der Waals surface area contributed by atoms with Gasteiger partial charge in [-0.05, 0) is 42.0 Å². The highest BCUT2D eigenvalue weighted by molar-refractivity contribution is 5.30. The normalized spacial score (nSPS) is 16.5. The van der Waals surface area contributed by atoms with E-state index in [4.69, 9.17) is 0 Å². The van der Waals surface area contributed by atoms with Gasteiger partial charge in [0.25, 0.3) is 0 Å². The lowest BCUT2D eigenvalue weighted by molar-refractivity contribution is 0.177. The lowest BCUT2D eigenvalue weighted by Crippen LogP contribution is -2.03. The monoisotopic (exact) mass is 239 g/mol. The Labute approximate surface area is 107 Å². The number of aliphatic hydroxyl groups is 1. The van der Waals surface area contributed by atoms with E-state index in [2.05, 4.69) is 17.1 Å². The molecule has 0 spiro atoms. The third kappa shape index (κ3) is 2.59. The van der Waals surface area contributed by atoms with Gasteiger partial charge in [-0.1, -0.05) is 30.3 Å². The van der Waals surface area contributed by atoms with Crippen LogP contribution in [0.15, 0.2) is 48.7 Å². The van der Waals surface area contributed by atoms with Crippen molar-refractivity contribution in [3.05, 3.63) is 65.5 Å². The fraction of sp³-hybridized carbons (Fsp3) is 0.312. The maximum Gasteiger partial charge on any atom is 0.0845 e. The van der Waals surface area contributed by atoms with Crippen LogP contribution in [0.3, 0.4) is 0 Å². The predicted molar refractivity (Wildman–Crippen MR) is 71.3 cm³/mol. The molecular formula is C16H17NO. The number of hydrogen-bond acceptors (Lipinski definition) is 2. The lowest BCUT2D eigenvalue weighted by Gasteiger charge is -2.11. The van der Waals surface area contributed by atoms with Gasteiger partial charge in [0.15, 0.2) is 0 Å². The van der Waals surface area contributed by atoms with E-state index >= 15 is 0 Å². The molecule has 18 heavy (non-hydrogen) atoms. The van der Waals surface area contributed by atoms with Gasteiger partial charge >= 0.3 is 0 Å². The van der Waals surface area contributed by atoms with Gasteiger partial charge in [-0.3, -0.25) is 4.98 Å². The fourth-order valence-electron chi connectivity index (χ4n) is 2.27. The minimum Gasteiger partial charge on any atom is -0.388 e. The first kappa shape index (κ1) is 11.4. The predicted octanol–water partition coefficient (Wildman–Crippen LogP) is 3.24. The van der Waals surface area contributed by atoms with Crippen molar-refractivity contribution >= 4 is 0 Å². The summed E-state index contributed by atoms with van der Waals surface area (Å²) in [6.07, 6.45) is 4.47. The highest BCUT2D eigenvalue weighted by Gasteiger charge is 2.24. The van der Waals surface area contributed by atoms with Crippen molar-refractivity contribution in [3.63, 3.8) is 0 Å². The van der Waals surface area contributed by atoms with Crippen LogP contribution in [-0.4, -0.2) is 10.1 Å². The summed E-state index contributed by atoms with van der Waals surface area (Å²) in [5.74, 6) is 0.729. The van der Waals surface area contributed by atoms with Crippen LogP contribution in [0, 0.1) is 0 Å². The first-order valence-corrected chi connectivity index (χ1v) is 6.51. The summed E-state index contributed by atoms with van der Waals surface area (Å²) < 4.78 is 0. The Balaban J connectivity index is 1.75. The molecule has 3 rings (SSSR count). The molecule has 1 atom stereocenters. The van der Waals surface area contributed by atoms with Crippen molar-refractivity contribution in [1.29, 1.82) is 0 Å². The molecule has 2 heteroatoms. The van der Waals surface area contributed by atoms with Crippen molar-refractivity contribution in [2.45, 2.75) is 31.3 Å². The van der Waals surface area contributed by atoms with Crippen LogP contribution in [0.5, 0.6) is 0 Å². The molecule has 1 aromatic carbocycles. The standard InChI is InChI=1S/C16H17NO/c18-16(11-15-6-1-2-9-17-15)14-5-3-4-13(10-14)12-7-8-12/h1-6,9-10,12,16,18H,7-8,11H2. The summed E-state index contributed by atoms with van der Waals surface area (Å²) in [6.45, 7) is 0. The molecular weight excluding hydrogens is 222 g/mol. The summed E-state index contributed by atoms with van der Waals surface area (Å²) in [4.78, 5) is 4.25. The highest BCUT2D eigenvalue weighted by atomic mass is 16.3. The molecule has 1 aliphatic carbocycles. The van der Waals surface area contributed by atoms with E-state index < -0.39 is 6.10 Å². The number of hydrogen-bond donors (Lipinski definition) is 1. The molecule has 1 aliphatic rings. The number of pyridine rings is 1. The van der Waals surface area contributed by atoms with Crippen molar-refractivity contribution in [3.8, 4) is 0 Å². The Kier molecular flexibility index (Phi) is 3.11. The van der Waals surface area contributed by atoms with Gasteiger partial charge in [0.2, 0.25) is 0 Å². The third-order valence-corrected chi connectivity index (χ3v) is 3.47. The maximum atomic E-state index is 10.3. The van der Waals surface area contributed by atoms with Gasteiger partial charge in [0.1, 0.15) is 0 Å². The summed E-state index contributed by atoms with van der Waals surface area (Å²) in [5, 5.41) is 10.3. The number of rotatable bonds is 4. The number of aliphatic hydroxyl groups excluding tert-OH is 1. The van der Waals surface area contributed by atoms with Gasteiger partial charge in [-0.2, -0.15) is 0 Å². The van der Waals surface area contributed by atoms with E-state index in [9.17, 15) is 5.11 Å². The second-order valence-electron chi connectivity index (χ2n) is 4.99. The fourth-order valence-corrected chi connectivity index (χ4v) is 2.27. The first-order valence-electron chi connectivity index (χ1n) is 6.51. The minimum atomic E-state index is -0.460. The molecule has 92 valence electrons. The van der Waals surface area contributed by atoms with Crippen molar-refractivity contribution in [1.82, 2.24) is 4.98 Å². The second kappa shape index (κ2) is 4.91. The van der Waals surface area contributed by atoms with Crippen LogP contribution in [0.2, 0.25) is 0 Å². The van der Waals surface area contributed by atoms with Crippen LogP contribution in [0.25, 0.3) is 0 Å². The maximum absolute atomic E-state index is 10.3. The average molecular weight is 239 g/mol. The Hall–Kier alpha value is -1.67. The van der Waals surface area contributed by atoms with Crippen LogP contribution in [0.1, 0.15) is 41.7 Å². The topological polar surface area (TPSA) is 33.1 Å². The van der Waals surface area contributed by atoms with Crippen molar-refractivity contribution in [2.24, 2.45) is 0 Å². The Morgan fingerprint density at radius 3 is 2.78 bits per heavy atom. The van der Waals surface area contributed by atoms with Crippen molar-refractivity contribution < 1.29 is 5.11 Å². The quantitative estimate of drug-likeness (QED) is 0.888. The summed E-state index contributed by atoms with van der Waals surface area (Å²) in [7, 11) is 0. The SMILES string of the molecule is OC(Cc1ccccn1)c1cccc(C2CC2)c1. The molecule has 2 aromatic rings.